The van der Waals surface area contributed by atoms with E-state index in [1.54, 1.807) is 30.5 Å². The van der Waals surface area contributed by atoms with Crippen LogP contribution in [-0.4, -0.2) is 33.9 Å². The number of carboxylic acid groups (broad SMARTS) is 1. The third-order valence-electron chi connectivity index (χ3n) is 7.52. The molecule has 0 fully saturated rings. The van der Waals surface area contributed by atoms with Crippen LogP contribution >= 0.6 is 0 Å². The van der Waals surface area contributed by atoms with Crippen LogP contribution in [0.2, 0.25) is 0 Å². The Morgan fingerprint density at radius 1 is 0.786 bits per heavy atom. The highest BCUT2D eigenvalue weighted by Gasteiger charge is 2.25. The Kier molecular flexibility index (Phi) is 7.43. The van der Waals surface area contributed by atoms with Crippen molar-refractivity contribution in [3.05, 3.63) is 131 Å². The maximum absolute atomic E-state index is 13.0. The second kappa shape index (κ2) is 11.6. The van der Waals surface area contributed by atoms with E-state index >= 15 is 0 Å². The zero-order valence-electron chi connectivity index (χ0n) is 22.7. The normalized spacial score (nSPS) is 12.3. The molecule has 8 heteroatoms. The minimum atomic E-state index is -1.28. The van der Waals surface area contributed by atoms with E-state index in [1.807, 2.05) is 54.6 Å². The van der Waals surface area contributed by atoms with Crippen molar-refractivity contribution in [2.45, 2.75) is 32.1 Å². The quantitative estimate of drug-likeness (QED) is 0.226. The first kappa shape index (κ1) is 26.8. The predicted molar refractivity (Wildman–Crippen MR) is 157 cm³/mol. The molecule has 1 aliphatic rings. The number of para-hydroxylation sites is 1. The highest BCUT2D eigenvalue weighted by atomic mass is 16.6. The van der Waals surface area contributed by atoms with Gasteiger partial charge in [0.1, 0.15) is 19.3 Å². The lowest BCUT2D eigenvalue weighted by atomic mass is 10.0. The summed E-state index contributed by atoms with van der Waals surface area (Å²) in [6.07, 6.45) is 0.841. The van der Waals surface area contributed by atoms with E-state index in [0.717, 1.165) is 28.7 Å². The number of aromatic nitrogens is 1. The van der Waals surface area contributed by atoms with E-state index in [-0.39, 0.29) is 19.6 Å². The lowest BCUT2D eigenvalue weighted by Gasteiger charge is -2.15. The van der Waals surface area contributed by atoms with Gasteiger partial charge in [0.15, 0.2) is 0 Å². The minimum absolute atomic E-state index is 0.0158. The molecule has 0 unspecified atom stereocenters. The predicted octanol–water partition coefficient (Wildman–Crippen LogP) is 6.32. The summed E-state index contributed by atoms with van der Waals surface area (Å²) in [4.78, 5) is 37.9. The number of carbonyl (C=O) groups excluding carboxylic acids is 2. The van der Waals surface area contributed by atoms with Gasteiger partial charge in [0.05, 0.1) is 5.52 Å². The number of hydrogen-bond acceptors (Lipinski definition) is 5. The zero-order chi connectivity index (χ0) is 29.1. The topological polar surface area (TPSA) is 107 Å². The van der Waals surface area contributed by atoms with Crippen LogP contribution in [0.5, 0.6) is 0 Å². The van der Waals surface area contributed by atoms with Crippen molar-refractivity contribution < 1.29 is 29.0 Å². The Labute approximate surface area is 242 Å². The fourth-order valence-electron chi connectivity index (χ4n) is 5.46. The molecule has 210 valence electrons. The smallest absolute Gasteiger partial charge is 0.418 e. The Hall–Kier alpha value is -5.37. The molecule has 1 aliphatic carbocycles. The summed E-state index contributed by atoms with van der Waals surface area (Å²) >= 11 is 0. The highest BCUT2D eigenvalue weighted by Crippen LogP contribution is 2.38. The summed E-state index contributed by atoms with van der Waals surface area (Å²) in [5, 5.41) is 13.1. The number of fused-ring (bicyclic) bond motifs is 4. The fourth-order valence-corrected chi connectivity index (χ4v) is 5.46. The summed E-state index contributed by atoms with van der Waals surface area (Å²) in [6.45, 7) is 0.116. The molecule has 1 heterocycles. The first-order valence-electron chi connectivity index (χ1n) is 13.6. The lowest BCUT2D eigenvalue weighted by Crippen LogP contribution is -2.42. The number of alkyl carbamates (subject to hydrolysis) is 1. The molecule has 2 N–H and O–H groups in total. The number of aliphatic carboxylic acids is 1. The Bertz CT molecular complexity index is 1790. The second-order valence-electron chi connectivity index (χ2n) is 10.2. The number of amides is 1. The van der Waals surface area contributed by atoms with Gasteiger partial charge >= 0.3 is 18.2 Å². The molecule has 6 rings (SSSR count). The fraction of sp³-hybridized carbons (Fsp3) is 0.147. The molecule has 1 aromatic heterocycles. The van der Waals surface area contributed by atoms with E-state index in [4.69, 9.17) is 9.47 Å². The summed E-state index contributed by atoms with van der Waals surface area (Å²) in [5.41, 5.74) is 7.50. The van der Waals surface area contributed by atoms with Crippen molar-refractivity contribution in [2.24, 2.45) is 0 Å². The number of carboxylic acids is 1. The van der Waals surface area contributed by atoms with E-state index in [1.165, 1.54) is 15.7 Å². The number of hydrogen-bond donors (Lipinski definition) is 2. The van der Waals surface area contributed by atoms with Crippen molar-refractivity contribution in [2.75, 3.05) is 0 Å². The van der Waals surface area contributed by atoms with Gasteiger partial charge in [-0.05, 0) is 51.4 Å². The lowest BCUT2D eigenvalue weighted by molar-refractivity contribution is -0.139. The van der Waals surface area contributed by atoms with Crippen molar-refractivity contribution in [1.82, 2.24) is 9.88 Å². The molecular formula is C34H28N2O6. The van der Waals surface area contributed by atoms with E-state index in [2.05, 4.69) is 23.5 Å². The van der Waals surface area contributed by atoms with Gasteiger partial charge in [-0.2, -0.15) is 0 Å². The van der Waals surface area contributed by atoms with E-state index < -0.39 is 24.2 Å². The van der Waals surface area contributed by atoms with E-state index in [0.29, 0.717) is 16.5 Å². The third-order valence-corrected chi connectivity index (χ3v) is 7.52. The largest absolute Gasteiger partial charge is 0.480 e. The van der Waals surface area contributed by atoms with Gasteiger partial charge < -0.3 is 19.9 Å². The maximum Gasteiger partial charge on any atom is 0.418 e. The van der Waals surface area contributed by atoms with Crippen LogP contribution in [0.15, 0.2) is 103 Å². The number of rotatable bonds is 8. The summed E-state index contributed by atoms with van der Waals surface area (Å²) in [7, 11) is 0. The van der Waals surface area contributed by atoms with Crippen LogP contribution in [0.4, 0.5) is 9.59 Å². The number of carbonyl (C=O) groups is 3. The summed E-state index contributed by atoms with van der Waals surface area (Å²) in [6, 6.07) is 29.3. The molecule has 0 saturated heterocycles. The minimum Gasteiger partial charge on any atom is -0.480 e. The van der Waals surface area contributed by atoms with Gasteiger partial charge in [0, 0.05) is 18.0 Å². The Morgan fingerprint density at radius 3 is 2.36 bits per heavy atom. The Morgan fingerprint density at radius 2 is 1.52 bits per heavy atom. The first-order valence-corrected chi connectivity index (χ1v) is 13.6. The molecule has 1 amide bonds. The molecule has 1 atom stereocenters. The van der Waals surface area contributed by atoms with Gasteiger partial charge in [-0.1, -0.05) is 91.0 Å². The van der Waals surface area contributed by atoms with E-state index in [9.17, 15) is 19.5 Å². The molecule has 4 aromatic carbocycles. The van der Waals surface area contributed by atoms with Crippen LogP contribution in [0, 0.1) is 0 Å². The van der Waals surface area contributed by atoms with Crippen molar-refractivity contribution in [3.63, 3.8) is 0 Å². The molecule has 0 aliphatic heterocycles. The molecule has 5 aromatic rings. The molecule has 42 heavy (non-hydrogen) atoms. The summed E-state index contributed by atoms with van der Waals surface area (Å²) < 4.78 is 12.3. The standard InChI is InChI=1S/C34H28N2O6/c37-32(38)30(35-33(39)41-21-24-12-8-15-28-26-13-5-4-11-23(26)17-29(24)28)18-25-19-36(31-16-7-6-14-27(25)31)34(40)42-20-22-9-2-1-3-10-22/h1-16,19,30H,17-18,20-21H2,(H,35,39)(H,37,38)/t30-/m1/s1. The van der Waals surface area contributed by atoms with Crippen molar-refractivity contribution in [1.29, 1.82) is 0 Å². The molecule has 0 saturated carbocycles. The first-order chi connectivity index (χ1) is 20.5. The number of benzene rings is 4. The number of nitrogens with one attached hydrogen (secondary N) is 1. The van der Waals surface area contributed by atoms with Gasteiger partial charge in [-0.15, -0.1) is 0 Å². The van der Waals surface area contributed by atoms with Crippen LogP contribution in [0.3, 0.4) is 0 Å². The highest BCUT2D eigenvalue weighted by molar-refractivity contribution is 5.92. The SMILES string of the molecule is O=C(N[C@H](Cc1cn(C(=O)OCc2ccccc2)c2ccccc12)C(=O)O)OCc1cccc2c1Cc1ccccc1-2. The molecule has 0 bridgehead atoms. The van der Waals surface area contributed by atoms with Crippen molar-refractivity contribution >= 4 is 29.1 Å². The van der Waals surface area contributed by atoms with Crippen LogP contribution in [-0.2, 0) is 40.3 Å². The van der Waals surface area contributed by atoms with Crippen LogP contribution in [0.25, 0.3) is 22.0 Å². The zero-order valence-corrected chi connectivity index (χ0v) is 22.7. The summed E-state index contributed by atoms with van der Waals surface area (Å²) in [5.74, 6) is -1.22. The second-order valence-corrected chi connectivity index (χ2v) is 10.2. The number of ether oxygens (including phenoxy) is 2. The molecule has 8 nitrogen and oxygen atoms in total. The van der Waals surface area contributed by atoms with Gasteiger partial charge in [-0.25, -0.2) is 14.4 Å². The van der Waals surface area contributed by atoms with Gasteiger partial charge in [-0.3, -0.25) is 4.57 Å². The monoisotopic (exact) mass is 560 g/mol. The molecular weight excluding hydrogens is 532 g/mol. The maximum atomic E-state index is 13.0. The molecule has 0 radical (unpaired) electrons. The van der Waals surface area contributed by atoms with Gasteiger partial charge in [0.25, 0.3) is 0 Å². The van der Waals surface area contributed by atoms with Crippen molar-refractivity contribution in [3.8, 4) is 11.1 Å². The Balaban J connectivity index is 1.14. The third kappa shape index (κ3) is 5.47. The number of nitrogens with zero attached hydrogens (tertiary/aromatic N) is 1. The van der Waals surface area contributed by atoms with Crippen LogP contribution < -0.4 is 5.32 Å². The molecule has 0 spiro atoms. The average molecular weight is 561 g/mol. The van der Waals surface area contributed by atoms with Crippen LogP contribution in [0.1, 0.15) is 27.8 Å². The average Bonchev–Trinajstić information content (AvgIpc) is 3.58. The van der Waals surface area contributed by atoms with Gasteiger partial charge in [0.2, 0.25) is 0 Å².